The fourth-order valence-electron chi connectivity index (χ4n) is 2.83. The van der Waals surface area contributed by atoms with E-state index in [4.69, 9.17) is 0 Å². The van der Waals surface area contributed by atoms with Crippen molar-refractivity contribution >= 4 is 40.8 Å². The van der Waals surface area contributed by atoms with Gasteiger partial charge in [0.15, 0.2) is 11.8 Å². The highest BCUT2D eigenvalue weighted by Crippen LogP contribution is 2.19. The van der Waals surface area contributed by atoms with E-state index in [1.165, 1.54) is 6.07 Å². The average molecular weight is 485 g/mol. The van der Waals surface area contributed by atoms with Crippen LogP contribution in [-0.2, 0) is 19.5 Å². The number of guanidine groups is 1. The van der Waals surface area contributed by atoms with Crippen molar-refractivity contribution in [2.75, 3.05) is 13.1 Å². The van der Waals surface area contributed by atoms with Gasteiger partial charge in [-0.3, -0.25) is 0 Å². The molecule has 0 radical (unpaired) electrons. The molecule has 2 heterocycles. The molecule has 3 aromatic rings. The number of aryl methyl sites for hydroxylation is 1. The zero-order valence-electron chi connectivity index (χ0n) is 15.5. The molecule has 146 valence electrons. The van der Waals surface area contributed by atoms with Crippen molar-refractivity contribution in [1.82, 2.24) is 30.4 Å². The number of aromatic amines is 1. The first-order chi connectivity index (χ1) is 12.7. The Kier molecular flexibility index (Phi) is 8.01. The third kappa shape index (κ3) is 5.41. The lowest BCUT2D eigenvalue weighted by Gasteiger charge is -2.11. The molecule has 9 heteroatoms. The highest BCUT2D eigenvalue weighted by molar-refractivity contribution is 14.0. The molecule has 0 unspecified atom stereocenters. The smallest absolute Gasteiger partial charge is 0.191 e. The Morgan fingerprint density at radius 3 is 2.93 bits per heavy atom. The topological polar surface area (TPSA) is 82.9 Å². The van der Waals surface area contributed by atoms with Crippen molar-refractivity contribution < 1.29 is 4.39 Å². The molecule has 1 aromatic carbocycles. The van der Waals surface area contributed by atoms with Gasteiger partial charge in [0.1, 0.15) is 18.7 Å². The van der Waals surface area contributed by atoms with Crippen molar-refractivity contribution in [2.24, 2.45) is 4.99 Å². The van der Waals surface area contributed by atoms with E-state index in [1.807, 2.05) is 24.6 Å². The molecule has 2 aromatic heterocycles. The number of nitrogens with zero attached hydrogens (tertiary/aromatic N) is 4. The summed E-state index contributed by atoms with van der Waals surface area (Å²) in [6, 6.07) is 4.79. The molecule has 0 saturated heterocycles. The van der Waals surface area contributed by atoms with Gasteiger partial charge in [-0.05, 0) is 44.0 Å². The molecule has 0 spiro atoms. The van der Waals surface area contributed by atoms with Crippen LogP contribution in [0.4, 0.5) is 4.39 Å². The van der Waals surface area contributed by atoms with E-state index in [2.05, 4.69) is 30.8 Å². The van der Waals surface area contributed by atoms with Crippen molar-refractivity contribution in [3.05, 3.63) is 47.9 Å². The maximum absolute atomic E-state index is 13.5. The summed E-state index contributed by atoms with van der Waals surface area (Å²) in [6.07, 6.45) is 4.40. The third-order valence-corrected chi connectivity index (χ3v) is 4.18. The number of nitrogens with one attached hydrogen (secondary N) is 3. The number of benzene rings is 1. The zero-order valence-corrected chi connectivity index (χ0v) is 17.8. The summed E-state index contributed by atoms with van der Waals surface area (Å²) in [5.41, 5.74) is 2.02. The van der Waals surface area contributed by atoms with E-state index < -0.39 is 0 Å². The maximum atomic E-state index is 13.5. The van der Waals surface area contributed by atoms with Crippen LogP contribution in [0.5, 0.6) is 0 Å². The molecular weight excluding hydrogens is 460 g/mol. The molecule has 0 fully saturated rings. The summed E-state index contributed by atoms with van der Waals surface area (Å²) < 4.78 is 15.4. The first-order valence-electron chi connectivity index (χ1n) is 8.85. The molecule has 27 heavy (non-hydrogen) atoms. The molecule has 0 atom stereocenters. The second-order valence-corrected chi connectivity index (χ2v) is 5.91. The summed E-state index contributed by atoms with van der Waals surface area (Å²) >= 11 is 0. The molecule has 3 rings (SSSR count). The van der Waals surface area contributed by atoms with Gasteiger partial charge in [-0.15, -0.1) is 34.2 Å². The molecule has 7 nitrogen and oxygen atoms in total. The second-order valence-electron chi connectivity index (χ2n) is 5.91. The van der Waals surface area contributed by atoms with Crippen LogP contribution in [0.15, 0.2) is 35.7 Å². The molecule has 0 aliphatic rings. The summed E-state index contributed by atoms with van der Waals surface area (Å²) in [7, 11) is 0. The first-order valence-corrected chi connectivity index (χ1v) is 8.85. The van der Waals surface area contributed by atoms with Crippen LogP contribution in [-0.4, -0.2) is 38.8 Å². The molecule has 0 bridgehead atoms. The fraction of sp³-hybridized carbons (Fsp3) is 0.389. The lowest BCUT2D eigenvalue weighted by atomic mass is 10.1. The molecule has 3 N–H and O–H groups in total. The van der Waals surface area contributed by atoms with Crippen LogP contribution in [0.3, 0.4) is 0 Å². The van der Waals surface area contributed by atoms with Crippen LogP contribution < -0.4 is 10.6 Å². The largest absolute Gasteiger partial charge is 0.361 e. The minimum Gasteiger partial charge on any atom is -0.361 e. The van der Waals surface area contributed by atoms with Crippen molar-refractivity contribution in [1.29, 1.82) is 0 Å². The molecule has 0 aliphatic carbocycles. The van der Waals surface area contributed by atoms with Crippen LogP contribution >= 0.6 is 24.0 Å². The van der Waals surface area contributed by atoms with E-state index >= 15 is 0 Å². The highest BCUT2D eigenvalue weighted by Gasteiger charge is 2.06. The van der Waals surface area contributed by atoms with Crippen molar-refractivity contribution in [2.45, 2.75) is 33.4 Å². The third-order valence-electron chi connectivity index (χ3n) is 4.18. The van der Waals surface area contributed by atoms with Gasteiger partial charge in [0.05, 0.1) is 0 Å². The van der Waals surface area contributed by atoms with Crippen LogP contribution in [0.2, 0.25) is 0 Å². The van der Waals surface area contributed by atoms with Gasteiger partial charge in [-0.25, -0.2) is 9.38 Å². The summed E-state index contributed by atoms with van der Waals surface area (Å²) in [6.45, 7) is 6.80. The summed E-state index contributed by atoms with van der Waals surface area (Å²) in [4.78, 5) is 7.74. The minimum absolute atomic E-state index is 0. The Labute approximate surface area is 174 Å². The van der Waals surface area contributed by atoms with Gasteiger partial charge in [0.2, 0.25) is 0 Å². The van der Waals surface area contributed by atoms with E-state index in [-0.39, 0.29) is 29.8 Å². The minimum atomic E-state index is -0.221. The standard InChI is InChI=1S/C18H24FN7.HI/c1-3-20-18(23-11-17-25-24-12-26(17)4-2)21-8-7-13-10-22-16-6-5-14(19)9-15(13)16;/h5-6,9-10,12,22H,3-4,7-8,11H2,1-2H3,(H2,20,21,23);1H. The Balaban J connectivity index is 0.00000261. The number of aliphatic imine (C=N–C) groups is 1. The van der Waals surface area contributed by atoms with E-state index in [0.29, 0.717) is 13.1 Å². The second kappa shape index (κ2) is 10.2. The van der Waals surface area contributed by atoms with Crippen LogP contribution in [0, 0.1) is 5.82 Å². The number of hydrogen-bond donors (Lipinski definition) is 3. The number of H-pyrrole nitrogens is 1. The van der Waals surface area contributed by atoms with Crippen LogP contribution in [0.25, 0.3) is 10.9 Å². The Morgan fingerprint density at radius 2 is 2.15 bits per heavy atom. The Hall–Kier alpha value is -2.17. The number of fused-ring (bicyclic) bond motifs is 1. The molecule has 0 saturated carbocycles. The number of rotatable bonds is 7. The molecular formula is C18H25FIN7. The predicted molar refractivity (Wildman–Crippen MR) is 116 cm³/mol. The van der Waals surface area contributed by atoms with Gasteiger partial charge in [-0.2, -0.15) is 0 Å². The fourth-order valence-corrected chi connectivity index (χ4v) is 2.83. The summed E-state index contributed by atoms with van der Waals surface area (Å²) in [5.74, 6) is 1.34. The molecule has 0 aliphatic heterocycles. The lowest BCUT2D eigenvalue weighted by molar-refractivity contribution is 0.629. The predicted octanol–water partition coefficient (Wildman–Crippen LogP) is 2.83. The maximum Gasteiger partial charge on any atom is 0.191 e. The van der Waals surface area contributed by atoms with Crippen molar-refractivity contribution in [3.63, 3.8) is 0 Å². The summed E-state index contributed by atoms with van der Waals surface area (Å²) in [5, 5.41) is 15.5. The number of hydrogen-bond acceptors (Lipinski definition) is 3. The SMILES string of the molecule is CCNC(=NCc1nncn1CC)NCCc1c[nH]c2ccc(F)cc12.I. The monoisotopic (exact) mass is 485 g/mol. The van der Waals surface area contributed by atoms with Gasteiger partial charge >= 0.3 is 0 Å². The van der Waals surface area contributed by atoms with Gasteiger partial charge in [0, 0.05) is 36.7 Å². The highest BCUT2D eigenvalue weighted by atomic mass is 127. The average Bonchev–Trinajstić information content (AvgIpc) is 3.26. The van der Waals surface area contributed by atoms with Gasteiger partial charge in [0.25, 0.3) is 0 Å². The van der Waals surface area contributed by atoms with Crippen molar-refractivity contribution in [3.8, 4) is 0 Å². The zero-order chi connectivity index (χ0) is 18.4. The van der Waals surface area contributed by atoms with E-state index in [1.54, 1.807) is 18.5 Å². The number of aromatic nitrogens is 4. The van der Waals surface area contributed by atoms with E-state index in [9.17, 15) is 4.39 Å². The normalized spacial score (nSPS) is 11.4. The first kappa shape index (κ1) is 21.1. The Morgan fingerprint density at radius 1 is 1.30 bits per heavy atom. The number of halogens is 2. The van der Waals surface area contributed by atoms with Gasteiger partial charge in [-0.1, -0.05) is 0 Å². The molecule has 0 amide bonds. The quantitative estimate of drug-likeness (QED) is 0.273. The lowest BCUT2D eigenvalue weighted by Crippen LogP contribution is -2.38. The van der Waals surface area contributed by atoms with Gasteiger partial charge < -0.3 is 20.2 Å². The van der Waals surface area contributed by atoms with E-state index in [0.717, 1.165) is 47.8 Å². The Bertz CT molecular complexity index is 887. The van der Waals surface area contributed by atoms with Crippen LogP contribution in [0.1, 0.15) is 25.2 Å².